The summed E-state index contributed by atoms with van der Waals surface area (Å²) in [5.74, 6) is 1.63. The third-order valence-corrected chi connectivity index (χ3v) is 5.45. The van der Waals surface area contributed by atoms with Gasteiger partial charge in [-0.15, -0.1) is 0 Å². The smallest absolute Gasteiger partial charge is 0.247 e. The number of nitrogens with zero attached hydrogens (tertiary/aromatic N) is 2. The summed E-state index contributed by atoms with van der Waals surface area (Å²) in [6.07, 6.45) is 7.26. The van der Waals surface area contributed by atoms with E-state index in [1.54, 1.807) is 19.4 Å². The molecule has 0 bridgehead atoms. The van der Waals surface area contributed by atoms with Crippen molar-refractivity contribution < 1.29 is 14.3 Å². The zero-order valence-electron chi connectivity index (χ0n) is 17.6. The lowest BCUT2D eigenvalue weighted by molar-refractivity contribution is -0.126. The Morgan fingerprint density at radius 3 is 2.55 bits per heavy atom. The van der Waals surface area contributed by atoms with Crippen LogP contribution in [0.3, 0.4) is 0 Å². The molecule has 0 unspecified atom stereocenters. The first-order chi connectivity index (χ1) is 15.2. The lowest BCUT2D eigenvalue weighted by Crippen LogP contribution is -2.28. The summed E-state index contributed by atoms with van der Waals surface area (Å²) in [4.78, 5) is 19.0. The summed E-state index contributed by atoms with van der Waals surface area (Å²) in [6.45, 7) is 1.20. The van der Waals surface area contributed by atoms with Crippen molar-refractivity contribution in [3.8, 4) is 11.5 Å². The lowest BCUT2D eigenvalue weighted by atomic mass is 10.0. The number of methoxy groups -OCH3 is 1. The van der Waals surface area contributed by atoms with Crippen LogP contribution in [0.1, 0.15) is 35.7 Å². The maximum Gasteiger partial charge on any atom is 0.247 e. The molecule has 5 heteroatoms. The largest absolute Gasteiger partial charge is 0.497 e. The Morgan fingerprint density at radius 2 is 1.84 bits per heavy atom. The van der Waals surface area contributed by atoms with E-state index >= 15 is 0 Å². The van der Waals surface area contributed by atoms with E-state index < -0.39 is 0 Å². The number of rotatable bonds is 7. The maximum absolute atomic E-state index is 12.8. The first kappa shape index (κ1) is 20.7. The Hall–Kier alpha value is -3.60. The van der Waals surface area contributed by atoms with Crippen LogP contribution in [0.2, 0.25) is 0 Å². The highest BCUT2D eigenvalue weighted by molar-refractivity contribution is 5.92. The standard InChI is InChI=1S/C26H26N2O3/c1-30-23-14-10-21(11-15-23)25-6-4-18-28(25)26(29)16-9-20-7-12-24(13-8-20)31-19-22-5-2-3-17-27-22/h2-3,5,7-17,25H,4,6,18-19H2,1H3/b16-9+/t25-/m1/s1. The van der Waals surface area contributed by atoms with Crippen molar-refractivity contribution in [2.45, 2.75) is 25.5 Å². The zero-order chi connectivity index (χ0) is 21.5. The molecule has 0 saturated carbocycles. The average molecular weight is 415 g/mol. The van der Waals surface area contributed by atoms with Crippen molar-refractivity contribution in [3.05, 3.63) is 95.8 Å². The first-order valence-corrected chi connectivity index (χ1v) is 10.5. The van der Waals surface area contributed by atoms with E-state index in [0.29, 0.717) is 6.61 Å². The molecule has 1 aromatic heterocycles. The van der Waals surface area contributed by atoms with Crippen molar-refractivity contribution in [1.29, 1.82) is 0 Å². The molecule has 31 heavy (non-hydrogen) atoms. The fourth-order valence-electron chi connectivity index (χ4n) is 3.78. The van der Waals surface area contributed by atoms with Gasteiger partial charge in [-0.05, 0) is 66.4 Å². The molecule has 1 aliphatic heterocycles. The van der Waals surface area contributed by atoms with Gasteiger partial charge in [0.15, 0.2) is 0 Å². The van der Waals surface area contributed by atoms with E-state index in [9.17, 15) is 4.79 Å². The van der Waals surface area contributed by atoms with E-state index in [4.69, 9.17) is 9.47 Å². The molecule has 3 aromatic rings. The number of amides is 1. The molecule has 1 fully saturated rings. The van der Waals surface area contributed by atoms with Gasteiger partial charge in [-0.25, -0.2) is 0 Å². The van der Waals surface area contributed by atoms with Gasteiger partial charge in [-0.1, -0.05) is 30.3 Å². The number of benzene rings is 2. The number of hydrogen-bond donors (Lipinski definition) is 0. The molecule has 0 aliphatic carbocycles. The normalized spacial score (nSPS) is 15.9. The predicted octanol–water partition coefficient (Wildman–Crippen LogP) is 5.05. The van der Waals surface area contributed by atoms with E-state index in [2.05, 4.69) is 4.98 Å². The minimum Gasteiger partial charge on any atom is -0.497 e. The van der Waals surface area contributed by atoms with Gasteiger partial charge in [-0.3, -0.25) is 9.78 Å². The van der Waals surface area contributed by atoms with Gasteiger partial charge < -0.3 is 14.4 Å². The summed E-state index contributed by atoms with van der Waals surface area (Å²) in [7, 11) is 1.66. The van der Waals surface area contributed by atoms with Crippen LogP contribution in [-0.4, -0.2) is 29.4 Å². The van der Waals surface area contributed by atoms with Crippen molar-refractivity contribution in [3.63, 3.8) is 0 Å². The second-order valence-electron chi connectivity index (χ2n) is 7.47. The van der Waals surface area contributed by atoms with Crippen LogP contribution in [-0.2, 0) is 11.4 Å². The SMILES string of the molecule is COc1ccc([C@H]2CCCN2C(=O)/C=C/c2ccc(OCc3ccccn3)cc2)cc1. The molecule has 0 N–H and O–H groups in total. The summed E-state index contributed by atoms with van der Waals surface area (Å²) in [6, 6.07) is 21.6. The molecule has 1 aliphatic rings. The summed E-state index contributed by atoms with van der Waals surface area (Å²) in [5.41, 5.74) is 2.99. The Bertz CT molecular complexity index is 1010. The van der Waals surface area contributed by atoms with Gasteiger partial charge in [0.1, 0.15) is 18.1 Å². The topological polar surface area (TPSA) is 51.7 Å². The number of aromatic nitrogens is 1. The van der Waals surface area contributed by atoms with Crippen molar-refractivity contribution >= 4 is 12.0 Å². The number of carbonyl (C=O) groups is 1. The third kappa shape index (κ3) is 5.31. The van der Waals surface area contributed by atoms with Crippen molar-refractivity contribution in [1.82, 2.24) is 9.88 Å². The molecule has 2 heterocycles. The fraction of sp³-hybridized carbons (Fsp3) is 0.231. The Labute approximate surface area is 183 Å². The van der Waals surface area contributed by atoms with Crippen molar-refractivity contribution in [2.24, 2.45) is 0 Å². The highest BCUT2D eigenvalue weighted by Crippen LogP contribution is 2.33. The second kappa shape index (κ2) is 9.94. The quantitative estimate of drug-likeness (QED) is 0.508. The Kier molecular flexibility index (Phi) is 6.62. The highest BCUT2D eigenvalue weighted by atomic mass is 16.5. The summed E-state index contributed by atoms with van der Waals surface area (Å²) < 4.78 is 11.0. The van der Waals surface area contributed by atoms with Gasteiger partial charge in [0.25, 0.3) is 0 Å². The minimum atomic E-state index is 0.0359. The van der Waals surface area contributed by atoms with E-state index in [-0.39, 0.29) is 11.9 Å². The molecule has 0 spiro atoms. The van der Waals surface area contributed by atoms with Crippen molar-refractivity contribution in [2.75, 3.05) is 13.7 Å². The van der Waals surface area contributed by atoms with Gasteiger partial charge in [0.05, 0.1) is 18.8 Å². The van der Waals surface area contributed by atoms with Crippen LogP contribution in [0, 0.1) is 0 Å². The molecule has 1 atom stereocenters. The number of pyridine rings is 1. The number of likely N-dealkylation sites (tertiary alicyclic amines) is 1. The summed E-state index contributed by atoms with van der Waals surface area (Å²) in [5, 5.41) is 0. The highest BCUT2D eigenvalue weighted by Gasteiger charge is 2.28. The minimum absolute atomic E-state index is 0.0359. The van der Waals surface area contributed by atoms with Crippen LogP contribution in [0.25, 0.3) is 6.08 Å². The molecule has 0 radical (unpaired) electrons. The molecule has 2 aromatic carbocycles. The van der Waals surface area contributed by atoms with Gasteiger partial charge in [0, 0.05) is 18.8 Å². The molecule has 1 saturated heterocycles. The van der Waals surface area contributed by atoms with Crippen LogP contribution in [0.5, 0.6) is 11.5 Å². The number of carbonyl (C=O) groups excluding carboxylic acids is 1. The molecule has 158 valence electrons. The van der Waals surface area contributed by atoms with E-state index in [1.807, 2.05) is 77.7 Å². The Morgan fingerprint density at radius 1 is 1.06 bits per heavy atom. The molecular weight excluding hydrogens is 388 g/mol. The third-order valence-electron chi connectivity index (χ3n) is 5.45. The Balaban J connectivity index is 1.35. The van der Waals surface area contributed by atoms with Gasteiger partial charge in [-0.2, -0.15) is 0 Å². The first-order valence-electron chi connectivity index (χ1n) is 10.5. The van der Waals surface area contributed by atoms with Crippen LogP contribution < -0.4 is 9.47 Å². The number of ether oxygens (including phenoxy) is 2. The molecule has 4 rings (SSSR count). The maximum atomic E-state index is 12.8. The lowest BCUT2D eigenvalue weighted by Gasteiger charge is -2.24. The van der Waals surface area contributed by atoms with E-state index in [1.165, 1.54) is 0 Å². The summed E-state index contributed by atoms with van der Waals surface area (Å²) >= 11 is 0. The van der Waals surface area contributed by atoms with E-state index in [0.717, 1.165) is 47.7 Å². The molecule has 1 amide bonds. The monoisotopic (exact) mass is 414 g/mol. The second-order valence-corrected chi connectivity index (χ2v) is 7.47. The average Bonchev–Trinajstić information content (AvgIpc) is 3.33. The predicted molar refractivity (Wildman–Crippen MR) is 121 cm³/mol. The fourth-order valence-corrected chi connectivity index (χ4v) is 3.78. The number of hydrogen-bond acceptors (Lipinski definition) is 4. The molecular formula is C26H26N2O3. The van der Waals surface area contributed by atoms with Crippen LogP contribution in [0.15, 0.2) is 79.0 Å². The zero-order valence-corrected chi connectivity index (χ0v) is 17.6. The van der Waals surface area contributed by atoms with Gasteiger partial charge in [0.2, 0.25) is 5.91 Å². The molecule has 5 nitrogen and oxygen atoms in total. The van der Waals surface area contributed by atoms with Crippen LogP contribution in [0.4, 0.5) is 0 Å². The van der Waals surface area contributed by atoms with Gasteiger partial charge >= 0.3 is 0 Å². The van der Waals surface area contributed by atoms with Crippen LogP contribution >= 0.6 is 0 Å².